The highest BCUT2D eigenvalue weighted by Crippen LogP contribution is 2.12. The standard InChI is InChI=1S/C12H15N5O/c1-17(2)7-9-4-3-5-10(6-9)15-12(18)11-13-8-14-16-11/h3-6,8H,7H2,1-2H3,(H,15,18)(H,13,14,16). The van der Waals surface area contributed by atoms with Crippen molar-refractivity contribution >= 4 is 11.6 Å². The Balaban J connectivity index is 2.07. The van der Waals surface area contributed by atoms with E-state index in [1.807, 2.05) is 38.4 Å². The Morgan fingerprint density at radius 1 is 1.44 bits per heavy atom. The summed E-state index contributed by atoms with van der Waals surface area (Å²) in [4.78, 5) is 17.6. The zero-order valence-electron chi connectivity index (χ0n) is 10.3. The van der Waals surface area contributed by atoms with E-state index in [1.165, 1.54) is 6.33 Å². The summed E-state index contributed by atoms with van der Waals surface area (Å²) >= 11 is 0. The van der Waals surface area contributed by atoms with Crippen molar-refractivity contribution in [1.82, 2.24) is 20.1 Å². The van der Waals surface area contributed by atoms with E-state index >= 15 is 0 Å². The molecular formula is C12H15N5O. The van der Waals surface area contributed by atoms with Gasteiger partial charge in [0.25, 0.3) is 5.91 Å². The second kappa shape index (κ2) is 5.42. The van der Waals surface area contributed by atoms with Crippen LogP contribution in [-0.2, 0) is 6.54 Å². The number of nitrogens with one attached hydrogen (secondary N) is 2. The first-order valence-corrected chi connectivity index (χ1v) is 5.55. The molecule has 2 N–H and O–H groups in total. The van der Waals surface area contributed by atoms with Crippen molar-refractivity contribution in [2.24, 2.45) is 0 Å². The first-order valence-electron chi connectivity index (χ1n) is 5.55. The van der Waals surface area contributed by atoms with Gasteiger partial charge in [-0.15, -0.1) is 0 Å². The number of carbonyl (C=O) groups excluding carboxylic acids is 1. The molecule has 0 aliphatic carbocycles. The lowest BCUT2D eigenvalue weighted by atomic mass is 10.2. The van der Waals surface area contributed by atoms with Crippen LogP contribution in [0.2, 0.25) is 0 Å². The minimum Gasteiger partial charge on any atom is -0.319 e. The van der Waals surface area contributed by atoms with Gasteiger partial charge in [-0.25, -0.2) is 4.98 Å². The van der Waals surface area contributed by atoms with E-state index < -0.39 is 0 Å². The zero-order valence-corrected chi connectivity index (χ0v) is 10.3. The third-order valence-corrected chi connectivity index (χ3v) is 2.31. The SMILES string of the molecule is CN(C)Cc1cccc(NC(=O)c2ncn[nH]2)c1. The molecule has 0 unspecified atom stereocenters. The van der Waals surface area contributed by atoms with Gasteiger partial charge in [-0.3, -0.25) is 9.89 Å². The molecule has 2 rings (SSSR count). The Morgan fingerprint density at radius 3 is 2.94 bits per heavy atom. The molecule has 1 heterocycles. The van der Waals surface area contributed by atoms with Crippen molar-refractivity contribution < 1.29 is 4.79 Å². The molecule has 6 heteroatoms. The van der Waals surface area contributed by atoms with Crippen molar-refractivity contribution in [3.63, 3.8) is 0 Å². The molecule has 18 heavy (non-hydrogen) atoms. The van der Waals surface area contributed by atoms with Gasteiger partial charge in [0.05, 0.1) is 0 Å². The molecule has 1 aromatic heterocycles. The maximum atomic E-state index is 11.8. The Bertz CT molecular complexity index is 521. The Morgan fingerprint density at radius 2 is 2.28 bits per heavy atom. The lowest BCUT2D eigenvalue weighted by Crippen LogP contribution is -2.14. The fraction of sp³-hybridized carbons (Fsp3) is 0.250. The van der Waals surface area contributed by atoms with Gasteiger partial charge < -0.3 is 10.2 Å². The molecule has 1 aromatic carbocycles. The predicted molar refractivity (Wildman–Crippen MR) is 68.2 cm³/mol. The van der Waals surface area contributed by atoms with Gasteiger partial charge in [0.2, 0.25) is 5.82 Å². The highest BCUT2D eigenvalue weighted by atomic mass is 16.2. The summed E-state index contributed by atoms with van der Waals surface area (Å²) in [6.45, 7) is 0.825. The summed E-state index contributed by atoms with van der Waals surface area (Å²) in [6, 6.07) is 7.71. The van der Waals surface area contributed by atoms with Crippen LogP contribution in [0.15, 0.2) is 30.6 Å². The molecule has 0 saturated carbocycles. The molecular weight excluding hydrogens is 230 g/mol. The quantitative estimate of drug-likeness (QED) is 0.846. The average molecular weight is 245 g/mol. The van der Waals surface area contributed by atoms with Gasteiger partial charge in [-0.1, -0.05) is 12.1 Å². The molecule has 94 valence electrons. The number of hydrogen-bond donors (Lipinski definition) is 2. The summed E-state index contributed by atoms with van der Waals surface area (Å²) in [5.41, 5.74) is 1.88. The second-order valence-corrected chi connectivity index (χ2v) is 4.23. The van der Waals surface area contributed by atoms with Crippen LogP contribution in [-0.4, -0.2) is 40.1 Å². The number of H-pyrrole nitrogens is 1. The van der Waals surface area contributed by atoms with Crippen LogP contribution in [0.4, 0.5) is 5.69 Å². The smallest absolute Gasteiger partial charge is 0.292 e. The molecule has 0 saturated heterocycles. The number of nitrogens with zero attached hydrogens (tertiary/aromatic N) is 3. The van der Waals surface area contributed by atoms with Crippen LogP contribution in [0.3, 0.4) is 0 Å². The van der Waals surface area contributed by atoms with Crippen LogP contribution in [0.1, 0.15) is 16.2 Å². The molecule has 2 aromatic rings. The molecule has 0 aliphatic heterocycles. The van der Waals surface area contributed by atoms with Gasteiger partial charge >= 0.3 is 0 Å². The maximum absolute atomic E-state index is 11.8. The number of rotatable bonds is 4. The molecule has 0 spiro atoms. The Labute approximate surface area is 105 Å². The van der Waals surface area contributed by atoms with E-state index in [0.29, 0.717) is 0 Å². The first-order chi connectivity index (χ1) is 8.65. The van der Waals surface area contributed by atoms with E-state index in [1.54, 1.807) is 0 Å². The topological polar surface area (TPSA) is 73.9 Å². The van der Waals surface area contributed by atoms with E-state index in [-0.39, 0.29) is 11.7 Å². The monoisotopic (exact) mass is 245 g/mol. The van der Waals surface area contributed by atoms with Gasteiger partial charge in [-0.2, -0.15) is 5.10 Å². The van der Waals surface area contributed by atoms with Crippen molar-refractivity contribution in [3.05, 3.63) is 42.0 Å². The number of aromatic nitrogens is 3. The van der Waals surface area contributed by atoms with Crippen molar-refractivity contribution in [1.29, 1.82) is 0 Å². The predicted octanol–water partition coefficient (Wildman–Crippen LogP) is 1.12. The number of aromatic amines is 1. The van der Waals surface area contributed by atoms with Crippen molar-refractivity contribution in [3.8, 4) is 0 Å². The number of amides is 1. The van der Waals surface area contributed by atoms with Gasteiger partial charge in [-0.05, 0) is 31.8 Å². The Hall–Kier alpha value is -2.21. The summed E-state index contributed by atoms with van der Waals surface area (Å²) in [5.74, 6) is -0.0949. The third kappa shape index (κ3) is 3.14. The van der Waals surface area contributed by atoms with E-state index in [2.05, 4.69) is 25.4 Å². The fourth-order valence-corrected chi connectivity index (χ4v) is 1.62. The fourth-order valence-electron chi connectivity index (χ4n) is 1.62. The van der Waals surface area contributed by atoms with Crippen LogP contribution in [0.5, 0.6) is 0 Å². The van der Waals surface area contributed by atoms with Crippen molar-refractivity contribution in [2.45, 2.75) is 6.54 Å². The molecule has 6 nitrogen and oxygen atoms in total. The minimum absolute atomic E-state index is 0.202. The molecule has 0 aliphatic rings. The second-order valence-electron chi connectivity index (χ2n) is 4.23. The largest absolute Gasteiger partial charge is 0.319 e. The van der Waals surface area contributed by atoms with Crippen molar-refractivity contribution in [2.75, 3.05) is 19.4 Å². The molecule has 0 atom stereocenters. The highest BCUT2D eigenvalue weighted by Gasteiger charge is 2.08. The van der Waals surface area contributed by atoms with Crippen LogP contribution >= 0.6 is 0 Å². The maximum Gasteiger partial charge on any atom is 0.292 e. The number of carbonyl (C=O) groups is 1. The Kier molecular flexibility index (Phi) is 3.69. The molecule has 0 bridgehead atoms. The van der Waals surface area contributed by atoms with E-state index in [4.69, 9.17) is 0 Å². The van der Waals surface area contributed by atoms with E-state index in [9.17, 15) is 4.79 Å². The van der Waals surface area contributed by atoms with Gasteiger partial charge in [0.1, 0.15) is 6.33 Å². The lowest BCUT2D eigenvalue weighted by Gasteiger charge is -2.11. The van der Waals surface area contributed by atoms with Crippen LogP contribution < -0.4 is 5.32 Å². The normalized spacial score (nSPS) is 10.6. The average Bonchev–Trinajstić information content (AvgIpc) is 2.81. The highest BCUT2D eigenvalue weighted by molar-refractivity contribution is 6.01. The molecule has 0 radical (unpaired) electrons. The molecule has 0 fully saturated rings. The van der Waals surface area contributed by atoms with Crippen LogP contribution in [0, 0.1) is 0 Å². The summed E-state index contributed by atoms with van der Waals surface area (Å²) < 4.78 is 0. The summed E-state index contributed by atoms with van der Waals surface area (Å²) in [7, 11) is 4.00. The first kappa shape index (κ1) is 12.3. The van der Waals surface area contributed by atoms with E-state index in [0.717, 1.165) is 17.8 Å². The van der Waals surface area contributed by atoms with Gasteiger partial charge in [0.15, 0.2) is 0 Å². The summed E-state index contributed by atoms with van der Waals surface area (Å²) in [5, 5.41) is 8.93. The lowest BCUT2D eigenvalue weighted by molar-refractivity contribution is 0.101. The number of anilines is 1. The molecule has 1 amide bonds. The minimum atomic E-state index is -0.297. The third-order valence-electron chi connectivity index (χ3n) is 2.31. The van der Waals surface area contributed by atoms with Crippen LogP contribution in [0.25, 0.3) is 0 Å². The zero-order chi connectivity index (χ0) is 13.0. The number of benzene rings is 1. The number of hydrogen-bond acceptors (Lipinski definition) is 4. The summed E-state index contributed by atoms with van der Waals surface area (Å²) in [6.07, 6.45) is 1.30. The van der Waals surface area contributed by atoms with Gasteiger partial charge in [0, 0.05) is 12.2 Å².